The van der Waals surface area contributed by atoms with E-state index < -0.39 is 0 Å². The van der Waals surface area contributed by atoms with E-state index in [2.05, 4.69) is 27.7 Å². The summed E-state index contributed by atoms with van der Waals surface area (Å²) in [5.41, 5.74) is 0. The summed E-state index contributed by atoms with van der Waals surface area (Å²) in [4.78, 5) is 0. The van der Waals surface area contributed by atoms with E-state index in [0.29, 0.717) is 0 Å². The van der Waals surface area contributed by atoms with Gasteiger partial charge >= 0.3 is 0 Å². The molecule has 0 aliphatic heterocycles. The third kappa shape index (κ3) is 12.8. The molecule has 0 radical (unpaired) electrons. The fraction of sp³-hybridized carbons (Fsp3) is 1.00. The first-order chi connectivity index (χ1) is 8.24. The number of quaternary nitrogens is 1. The summed E-state index contributed by atoms with van der Waals surface area (Å²) >= 11 is 0. The molecule has 0 bridgehead atoms. The van der Waals surface area contributed by atoms with Crippen molar-refractivity contribution in [3.05, 3.63) is 0 Å². The summed E-state index contributed by atoms with van der Waals surface area (Å²) in [6.07, 6.45) is 11.1. The van der Waals surface area contributed by atoms with Crippen LogP contribution in [-0.4, -0.2) is 30.7 Å². The number of unbranched alkanes of at least 4 members (excludes halogenated alkanes) is 4. The molecule has 1 nitrogen and oxygen atoms in total. The van der Waals surface area contributed by atoms with E-state index in [1.54, 1.807) is 0 Å². The molecule has 0 aliphatic carbocycles. The second-order valence-electron chi connectivity index (χ2n) is 5.65. The van der Waals surface area contributed by atoms with Gasteiger partial charge in [0.15, 0.2) is 0 Å². The van der Waals surface area contributed by atoms with Crippen molar-refractivity contribution in [1.29, 1.82) is 0 Å². The molecule has 0 aromatic rings. The fourth-order valence-electron chi connectivity index (χ4n) is 2.64. The molecule has 0 N–H and O–H groups in total. The van der Waals surface area contributed by atoms with E-state index in [1.165, 1.54) is 82.0 Å². The van der Waals surface area contributed by atoms with E-state index in [-0.39, 0.29) is 48.0 Å². The van der Waals surface area contributed by atoms with Crippen LogP contribution >= 0.6 is 48.0 Å². The lowest BCUT2D eigenvalue weighted by atomic mass is 10.1. The molecule has 0 saturated heterocycles. The zero-order valence-corrected chi connectivity index (χ0v) is 18.4. The van der Waals surface area contributed by atoms with Gasteiger partial charge in [0.05, 0.1) is 26.2 Å². The summed E-state index contributed by atoms with van der Waals surface area (Å²) in [6, 6.07) is 0. The summed E-state index contributed by atoms with van der Waals surface area (Å²) in [5, 5.41) is 0. The summed E-state index contributed by atoms with van der Waals surface area (Å²) in [7, 11) is 0. The summed E-state index contributed by atoms with van der Waals surface area (Å²) < 4.78 is 1.42. The highest BCUT2D eigenvalue weighted by atomic mass is 127. The Balaban J connectivity index is -0.00000128. The number of hydrogen-bond donors (Lipinski definition) is 0. The second-order valence-corrected chi connectivity index (χ2v) is 5.65. The maximum atomic E-state index is 2.33. The SMILES string of the molecule is CCCC[N+](CCCC)(CCCC)CCCC.I.I. The Morgan fingerprint density at radius 3 is 0.842 bits per heavy atom. The molecule has 0 heterocycles. The number of rotatable bonds is 12. The summed E-state index contributed by atoms with van der Waals surface area (Å²) in [6.45, 7) is 15.0. The van der Waals surface area contributed by atoms with Crippen molar-refractivity contribution in [3.8, 4) is 0 Å². The zero-order chi connectivity index (χ0) is 13.0. The molecule has 0 amide bonds. The van der Waals surface area contributed by atoms with Crippen molar-refractivity contribution in [3.63, 3.8) is 0 Å². The van der Waals surface area contributed by atoms with Gasteiger partial charge in [-0.2, -0.15) is 0 Å². The smallest absolute Gasteiger partial charge is 0.0786 e. The van der Waals surface area contributed by atoms with Gasteiger partial charge < -0.3 is 4.48 Å². The highest BCUT2D eigenvalue weighted by Gasteiger charge is 2.24. The van der Waals surface area contributed by atoms with Crippen molar-refractivity contribution in [2.75, 3.05) is 26.2 Å². The highest BCUT2D eigenvalue weighted by molar-refractivity contribution is 14.0. The van der Waals surface area contributed by atoms with Crippen molar-refractivity contribution in [2.24, 2.45) is 0 Å². The van der Waals surface area contributed by atoms with Crippen molar-refractivity contribution < 1.29 is 4.48 Å². The van der Waals surface area contributed by atoms with Gasteiger partial charge in [-0.3, -0.25) is 0 Å². The first kappa shape index (κ1) is 25.4. The minimum atomic E-state index is 0. The van der Waals surface area contributed by atoms with Crippen LogP contribution in [0, 0.1) is 0 Å². The van der Waals surface area contributed by atoms with Gasteiger partial charge in [0.25, 0.3) is 0 Å². The lowest BCUT2D eigenvalue weighted by molar-refractivity contribution is -0.929. The minimum Gasteiger partial charge on any atom is -0.324 e. The van der Waals surface area contributed by atoms with Crippen LogP contribution in [0.3, 0.4) is 0 Å². The van der Waals surface area contributed by atoms with Crippen molar-refractivity contribution in [2.45, 2.75) is 79.1 Å². The van der Waals surface area contributed by atoms with E-state index >= 15 is 0 Å². The predicted molar refractivity (Wildman–Crippen MR) is 110 cm³/mol. The van der Waals surface area contributed by atoms with Crippen LogP contribution in [0.1, 0.15) is 79.1 Å². The molecule has 0 aromatic heterocycles. The van der Waals surface area contributed by atoms with Gasteiger partial charge in [-0.15, -0.1) is 48.0 Å². The predicted octanol–water partition coefficient (Wildman–Crippen LogP) is 6.24. The van der Waals surface area contributed by atoms with Gasteiger partial charge in [0, 0.05) is 0 Å². The third-order valence-electron chi connectivity index (χ3n) is 3.94. The molecule has 0 aromatic carbocycles. The number of hydrogen-bond acceptors (Lipinski definition) is 0. The van der Waals surface area contributed by atoms with Crippen LogP contribution < -0.4 is 0 Å². The molecule has 0 fully saturated rings. The van der Waals surface area contributed by atoms with E-state index in [1.807, 2.05) is 0 Å². The van der Waals surface area contributed by atoms with Gasteiger partial charge in [-0.25, -0.2) is 0 Å². The van der Waals surface area contributed by atoms with E-state index in [0.717, 1.165) is 0 Å². The van der Waals surface area contributed by atoms with Gasteiger partial charge in [-0.1, -0.05) is 53.4 Å². The molecule has 0 atom stereocenters. The average molecular weight is 498 g/mol. The standard InChI is InChI=1S/C16H36N.2HI/c1-5-9-13-17(14-10-6-2,15-11-7-3)16-12-8-4;;/h5-16H2,1-4H3;2*1H/q+1;;. The quantitative estimate of drug-likeness (QED) is 0.221. The van der Waals surface area contributed by atoms with Crippen LogP contribution in [0.5, 0.6) is 0 Å². The van der Waals surface area contributed by atoms with E-state index in [9.17, 15) is 0 Å². The lowest BCUT2D eigenvalue weighted by Crippen LogP contribution is -2.50. The maximum Gasteiger partial charge on any atom is 0.0786 e. The molecule has 0 aliphatic rings. The number of nitrogens with zero attached hydrogens (tertiary/aromatic N) is 1. The van der Waals surface area contributed by atoms with Crippen LogP contribution in [0.2, 0.25) is 0 Å². The molecule has 0 unspecified atom stereocenters. The normalized spacial score (nSPS) is 10.7. The largest absolute Gasteiger partial charge is 0.324 e. The fourth-order valence-corrected chi connectivity index (χ4v) is 2.64. The highest BCUT2D eigenvalue weighted by Crippen LogP contribution is 2.16. The maximum absolute atomic E-state index is 2.33. The van der Waals surface area contributed by atoms with Crippen molar-refractivity contribution >= 4 is 48.0 Å². The Labute approximate surface area is 156 Å². The van der Waals surface area contributed by atoms with E-state index in [4.69, 9.17) is 0 Å². The van der Waals surface area contributed by atoms with Gasteiger partial charge in [-0.05, 0) is 25.7 Å². The molecule has 0 spiro atoms. The molecular weight excluding hydrogens is 460 g/mol. The zero-order valence-electron chi connectivity index (χ0n) is 13.7. The van der Waals surface area contributed by atoms with Crippen LogP contribution in [-0.2, 0) is 0 Å². The van der Waals surface area contributed by atoms with Crippen LogP contribution in [0.25, 0.3) is 0 Å². The summed E-state index contributed by atoms with van der Waals surface area (Å²) in [5.74, 6) is 0. The second kappa shape index (κ2) is 17.5. The van der Waals surface area contributed by atoms with Gasteiger partial charge in [0.2, 0.25) is 0 Å². The lowest BCUT2D eigenvalue weighted by Gasteiger charge is -2.39. The first-order valence-electron chi connectivity index (χ1n) is 8.09. The molecule has 0 saturated carbocycles. The Bertz CT molecular complexity index is 125. The first-order valence-corrected chi connectivity index (χ1v) is 8.09. The average Bonchev–Trinajstić information content (AvgIpc) is 2.37. The molecule has 3 heteroatoms. The Morgan fingerprint density at radius 2 is 0.684 bits per heavy atom. The van der Waals surface area contributed by atoms with Crippen LogP contribution in [0.4, 0.5) is 0 Å². The molecule has 19 heavy (non-hydrogen) atoms. The third-order valence-corrected chi connectivity index (χ3v) is 3.94. The van der Waals surface area contributed by atoms with Crippen LogP contribution in [0.15, 0.2) is 0 Å². The molecule has 120 valence electrons. The Kier molecular flexibility index (Phi) is 23.3. The minimum absolute atomic E-state index is 0. The molecule has 0 rings (SSSR count). The Morgan fingerprint density at radius 1 is 0.474 bits per heavy atom. The Hall–Kier alpha value is 1.42. The topological polar surface area (TPSA) is 0 Å². The van der Waals surface area contributed by atoms with Crippen molar-refractivity contribution in [1.82, 2.24) is 0 Å². The van der Waals surface area contributed by atoms with Gasteiger partial charge in [0.1, 0.15) is 0 Å². The molecular formula is C16H38I2N+. The number of halogens is 2. The monoisotopic (exact) mass is 498 g/mol.